The number of likely N-dealkylation sites (tertiary alicyclic amines) is 1. The van der Waals surface area contributed by atoms with Gasteiger partial charge in [0.1, 0.15) is 11.5 Å². The summed E-state index contributed by atoms with van der Waals surface area (Å²) >= 11 is 6.64. The van der Waals surface area contributed by atoms with Crippen molar-refractivity contribution in [1.29, 1.82) is 0 Å². The van der Waals surface area contributed by atoms with Gasteiger partial charge in [-0.25, -0.2) is 17.1 Å². The summed E-state index contributed by atoms with van der Waals surface area (Å²) in [6, 6.07) is 2.94. The van der Waals surface area contributed by atoms with Crippen molar-refractivity contribution in [3.63, 3.8) is 0 Å². The van der Waals surface area contributed by atoms with Gasteiger partial charge in [0.25, 0.3) is 0 Å². The van der Waals surface area contributed by atoms with Crippen LogP contribution in [0.1, 0.15) is 45.2 Å². The van der Waals surface area contributed by atoms with E-state index in [0.29, 0.717) is 68.3 Å². The number of sulfonamides is 1. The van der Waals surface area contributed by atoms with Gasteiger partial charge in [-0.05, 0) is 43.4 Å². The summed E-state index contributed by atoms with van der Waals surface area (Å²) in [7, 11) is -3.44. The zero-order chi connectivity index (χ0) is 24.5. The molecule has 0 saturated carbocycles. The van der Waals surface area contributed by atoms with Crippen LogP contribution >= 0.6 is 11.6 Å². The van der Waals surface area contributed by atoms with E-state index >= 15 is 0 Å². The van der Waals surface area contributed by atoms with Crippen molar-refractivity contribution < 1.29 is 17.6 Å². The lowest BCUT2D eigenvalue weighted by molar-refractivity contribution is -0.129. The van der Waals surface area contributed by atoms with Crippen LogP contribution in [0.25, 0.3) is 5.70 Å². The van der Waals surface area contributed by atoms with Gasteiger partial charge < -0.3 is 10.2 Å². The van der Waals surface area contributed by atoms with Gasteiger partial charge in [0, 0.05) is 56.2 Å². The summed E-state index contributed by atoms with van der Waals surface area (Å²) in [4.78, 5) is 17.4. The van der Waals surface area contributed by atoms with Crippen molar-refractivity contribution in [2.24, 2.45) is 11.8 Å². The first-order chi connectivity index (χ1) is 16.2. The van der Waals surface area contributed by atoms with Gasteiger partial charge in [0.2, 0.25) is 15.9 Å². The van der Waals surface area contributed by atoms with Gasteiger partial charge in [0.15, 0.2) is 0 Å². The van der Waals surface area contributed by atoms with Gasteiger partial charge in [-0.1, -0.05) is 24.3 Å². The molecule has 3 aliphatic rings. The summed E-state index contributed by atoms with van der Waals surface area (Å²) in [5, 5.41) is 3.58. The Morgan fingerprint density at radius 2 is 1.97 bits per heavy atom. The highest BCUT2D eigenvalue weighted by Gasteiger charge is 2.40. The van der Waals surface area contributed by atoms with E-state index in [9.17, 15) is 17.6 Å². The Bertz CT molecular complexity index is 1140. The van der Waals surface area contributed by atoms with Crippen molar-refractivity contribution in [3.8, 4) is 0 Å². The Hall–Kier alpha value is -2.19. The summed E-state index contributed by atoms with van der Waals surface area (Å²) < 4.78 is 41.6. The normalized spacial score (nSPS) is 25.1. The molecule has 7 nitrogen and oxygen atoms in total. The molecule has 10 heteroatoms. The quantitative estimate of drug-likeness (QED) is 0.630. The molecule has 3 aliphatic heterocycles. The highest BCUT2D eigenvalue weighted by molar-refractivity contribution is 7.89. The summed E-state index contributed by atoms with van der Waals surface area (Å²) in [6.07, 6.45) is 5.07. The average molecular weight is 509 g/mol. The molecule has 0 bridgehead atoms. The molecule has 0 radical (unpaired) electrons. The molecule has 2 saturated heterocycles. The smallest absolute Gasteiger partial charge is 0.219 e. The minimum absolute atomic E-state index is 0.00918. The number of carbonyl (C=O) groups excluding carboxylic acids is 1. The van der Waals surface area contributed by atoms with Crippen LogP contribution < -0.4 is 5.32 Å². The molecule has 0 spiro atoms. The number of allylic oxidation sites excluding steroid dienone is 3. The topological polar surface area (TPSA) is 82.6 Å². The fourth-order valence-electron chi connectivity index (χ4n) is 4.99. The number of nitrogens with zero attached hydrogens (tertiary/aromatic N) is 3. The minimum Gasteiger partial charge on any atom is -0.349 e. The fraction of sp³-hybridized carbons (Fsp3) is 0.542. The predicted molar refractivity (Wildman–Crippen MR) is 129 cm³/mol. The lowest BCUT2D eigenvalue weighted by Gasteiger charge is -2.40. The molecule has 4 rings (SSSR count). The predicted octanol–water partition coefficient (Wildman–Crippen LogP) is 3.46. The number of piperidine rings is 2. The third-order valence-corrected chi connectivity index (χ3v) is 9.69. The van der Waals surface area contributed by atoms with E-state index in [1.54, 1.807) is 15.3 Å². The van der Waals surface area contributed by atoms with E-state index in [4.69, 9.17) is 11.6 Å². The molecule has 1 aromatic rings. The van der Waals surface area contributed by atoms with Crippen LogP contribution in [0.2, 0.25) is 0 Å². The van der Waals surface area contributed by atoms with Crippen molar-refractivity contribution in [2.45, 2.75) is 44.8 Å². The molecular weight excluding hydrogens is 479 g/mol. The highest BCUT2D eigenvalue weighted by atomic mass is 35.5. The number of hydrogen-bond acceptors (Lipinski definition) is 5. The molecule has 0 aromatic carbocycles. The van der Waals surface area contributed by atoms with Crippen molar-refractivity contribution in [2.75, 3.05) is 26.2 Å². The molecule has 4 heterocycles. The van der Waals surface area contributed by atoms with Crippen LogP contribution in [0.5, 0.6) is 0 Å². The van der Waals surface area contributed by atoms with Crippen molar-refractivity contribution in [3.05, 3.63) is 52.4 Å². The van der Waals surface area contributed by atoms with E-state index in [1.807, 2.05) is 13.0 Å². The molecule has 2 fully saturated rings. The van der Waals surface area contributed by atoms with Gasteiger partial charge in [-0.2, -0.15) is 0 Å². The number of aromatic nitrogens is 1. The SMILES string of the molecule is CC(=O)N1CCC(S(=O)(=O)N2CC[C@@H](C3=C(Cl)CC=C=C(c4ccc(F)cn4)N3)[C@@H](C)C2)CC1. The zero-order valence-electron chi connectivity index (χ0n) is 19.4. The van der Waals surface area contributed by atoms with Gasteiger partial charge >= 0.3 is 0 Å². The maximum Gasteiger partial charge on any atom is 0.219 e. The maximum atomic E-state index is 13.3. The molecule has 1 N–H and O–H groups in total. The van der Waals surface area contributed by atoms with E-state index < -0.39 is 21.1 Å². The Kier molecular flexibility index (Phi) is 7.48. The molecule has 34 heavy (non-hydrogen) atoms. The fourth-order valence-corrected chi connectivity index (χ4v) is 7.29. The van der Waals surface area contributed by atoms with E-state index in [-0.39, 0.29) is 17.7 Å². The Balaban J connectivity index is 1.45. The first kappa shape index (κ1) is 24.9. The Morgan fingerprint density at radius 3 is 2.59 bits per heavy atom. The third-order valence-electron chi connectivity index (χ3n) is 6.97. The zero-order valence-corrected chi connectivity index (χ0v) is 21.0. The molecule has 2 atom stereocenters. The number of hydrogen-bond donors (Lipinski definition) is 1. The standard InChI is InChI=1S/C24H30ClFN4O3S/c1-16-15-30(34(32,33)19-8-11-29(12-9-19)17(2)31)13-10-20(16)24-21(25)4-3-5-23(28-24)22-7-6-18(26)14-27-22/h3,6-7,14,16,19-20,28H,4,8-13,15H2,1-2H3/t16-,20+/m0/s1. The molecule has 1 aromatic heterocycles. The van der Waals surface area contributed by atoms with Crippen LogP contribution in [0.4, 0.5) is 4.39 Å². The summed E-state index contributed by atoms with van der Waals surface area (Å²) in [5.74, 6) is -0.338. The van der Waals surface area contributed by atoms with Crippen LogP contribution in [0.3, 0.4) is 0 Å². The van der Waals surface area contributed by atoms with Gasteiger partial charge in [0.05, 0.1) is 17.1 Å². The molecule has 184 valence electrons. The Labute approximate surface area is 205 Å². The number of carbonyl (C=O) groups is 1. The molecule has 0 unspecified atom stereocenters. The Morgan fingerprint density at radius 1 is 1.24 bits per heavy atom. The second kappa shape index (κ2) is 10.2. The minimum atomic E-state index is -3.44. The second-order valence-electron chi connectivity index (χ2n) is 9.21. The van der Waals surface area contributed by atoms with Crippen LogP contribution in [0.15, 0.2) is 40.9 Å². The monoisotopic (exact) mass is 508 g/mol. The number of pyridine rings is 1. The number of halogens is 2. The number of amides is 1. The lowest BCUT2D eigenvalue weighted by Crippen LogP contribution is -2.50. The van der Waals surface area contributed by atoms with E-state index in [0.717, 1.165) is 11.9 Å². The molecule has 0 aliphatic carbocycles. The third kappa shape index (κ3) is 5.23. The van der Waals surface area contributed by atoms with Crippen LogP contribution in [-0.4, -0.2) is 59.9 Å². The summed E-state index contributed by atoms with van der Waals surface area (Å²) in [5.41, 5.74) is 5.18. The molecule has 1 amide bonds. The first-order valence-electron chi connectivity index (χ1n) is 11.6. The van der Waals surface area contributed by atoms with E-state index in [2.05, 4.69) is 16.0 Å². The number of rotatable bonds is 4. The van der Waals surface area contributed by atoms with Crippen molar-refractivity contribution >= 4 is 33.2 Å². The van der Waals surface area contributed by atoms with Gasteiger partial charge in [-0.3, -0.25) is 9.78 Å². The van der Waals surface area contributed by atoms with Gasteiger partial charge in [-0.15, -0.1) is 0 Å². The average Bonchev–Trinajstić information content (AvgIpc) is 3.01. The lowest BCUT2D eigenvalue weighted by atomic mass is 9.84. The van der Waals surface area contributed by atoms with Crippen molar-refractivity contribution in [1.82, 2.24) is 19.5 Å². The summed E-state index contributed by atoms with van der Waals surface area (Å²) in [6.45, 7) is 5.36. The highest BCUT2D eigenvalue weighted by Crippen LogP contribution is 2.36. The van der Waals surface area contributed by atoms with Crippen LogP contribution in [-0.2, 0) is 14.8 Å². The number of nitrogens with one attached hydrogen (secondary N) is 1. The maximum absolute atomic E-state index is 13.3. The first-order valence-corrected chi connectivity index (χ1v) is 13.5. The van der Waals surface area contributed by atoms with E-state index in [1.165, 1.54) is 13.0 Å². The molecular formula is C24H30ClFN4O3S. The largest absolute Gasteiger partial charge is 0.349 e. The van der Waals surface area contributed by atoms with Crippen LogP contribution in [0, 0.1) is 17.7 Å². The second-order valence-corrected chi connectivity index (χ2v) is 11.9.